The Labute approximate surface area is 167 Å². The first-order valence-electron chi connectivity index (χ1n) is 8.73. The molecule has 0 aliphatic carbocycles. The molecule has 0 saturated heterocycles. The number of nitrogens with one attached hydrogen (secondary N) is 2. The number of nitrogens with zero attached hydrogens (tertiary/aromatic N) is 1. The third kappa shape index (κ3) is 3.93. The summed E-state index contributed by atoms with van der Waals surface area (Å²) in [7, 11) is 0. The molecule has 1 atom stereocenters. The van der Waals surface area contributed by atoms with Crippen LogP contribution in [0.4, 0.5) is 0 Å². The first-order valence-corrected chi connectivity index (χ1v) is 9.49. The number of nitrogens with two attached hydrogens (primary N) is 2. The summed E-state index contributed by atoms with van der Waals surface area (Å²) in [4.78, 5) is 16.9. The minimum Gasteiger partial charge on any atom is -0.390 e. The van der Waals surface area contributed by atoms with Gasteiger partial charge < -0.3 is 31.8 Å². The highest BCUT2D eigenvalue weighted by molar-refractivity contribution is 6.45. The molecule has 0 radical (unpaired) electrons. The summed E-state index contributed by atoms with van der Waals surface area (Å²) in [6, 6.07) is 1.35. The molecule has 7 N–H and O–H groups in total. The number of aromatic nitrogens is 1. The van der Waals surface area contributed by atoms with Gasteiger partial charge in [-0.1, -0.05) is 23.2 Å². The van der Waals surface area contributed by atoms with Gasteiger partial charge in [-0.3, -0.25) is 4.79 Å². The third-order valence-corrected chi connectivity index (χ3v) is 5.52. The molecular weight excluding hydrogens is 389 g/mol. The molecule has 0 bridgehead atoms. The van der Waals surface area contributed by atoms with Crippen LogP contribution in [0.1, 0.15) is 22.9 Å². The molecule has 0 saturated carbocycles. The smallest absolute Gasteiger partial charge is 0.248 e. The van der Waals surface area contributed by atoms with Gasteiger partial charge in [-0.05, 0) is 23.9 Å². The first-order chi connectivity index (χ1) is 13.0. The molecule has 0 spiro atoms. The Morgan fingerprint density at radius 2 is 2.26 bits per heavy atom. The number of aliphatic hydroxyl groups excluding tert-OH is 1. The van der Waals surface area contributed by atoms with Crippen LogP contribution >= 0.6 is 23.2 Å². The summed E-state index contributed by atoms with van der Waals surface area (Å²) < 4.78 is 0. The maximum atomic E-state index is 11.9. The summed E-state index contributed by atoms with van der Waals surface area (Å²) in [5, 5.41) is 14.0. The van der Waals surface area contributed by atoms with Crippen LogP contribution in [0.25, 0.3) is 10.9 Å². The third-order valence-electron chi connectivity index (χ3n) is 4.73. The Hall–Kier alpha value is -1.77. The zero-order chi connectivity index (χ0) is 19.6. The molecule has 27 heavy (non-hydrogen) atoms. The van der Waals surface area contributed by atoms with Gasteiger partial charge >= 0.3 is 0 Å². The summed E-state index contributed by atoms with van der Waals surface area (Å²) in [5.41, 5.74) is 15.4. The standard InChI is InChI=1S/C18H23Cl2N5O2/c19-12-7-10(13(22)1-4-23-5-3-21)16-11-8-25(15(27)9-26)6-2-14(11)24-18(16)17(12)20/h1,4,7,13,23-24,26H,2-3,5-6,8-9,21-22H2/b4-1-. The maximum absolute atomic E-state index is 11.9. The minimum atomic E-state index is -0.508. The molecular formula is C18H23Cl2N5O2. The predicted octanol–water partition coefficient (Wildman–Crippen LogP) is 1.41. The molecule has 9 heteroatoms. The van der Waals surface area contributed by atoms with Crippen LogP contribution < -0.4 is 16.8 Å². The zero-order valence-corrected chi connectivity index (χ0v) is 16.3. The Morgan fingerprint density at radius 3 is 2.96 bits per heavy atom. The van der Waals surface area contributed by atoms with Crippen molar-refractivity contribution in [2.45, 2.75) is 19.0 Å². The molecule has 2 heterocycles. The number of rotatable bonds is 6. The lowest BCUT2D eigenvalue weighted by molar-refractivity contribution is -0.135. The highest BCUT2D eigenvalue weighted by Crippen LogP contribution is 2.40. The minimum absolute atomic E-state index is 0.299. The maximum Gasteiger partial charge on any atom is 0.248 e. The molecule has 1 amide bonds. The topological polar surface area (TPSA) is 120 Å². The molecule has 0 fully saturated rings. The number of aromatic amines is 1. The molecule has 7 nitrogen and oxygen atoms in total. The second kappa shape index (κ2) is 8.50. The SMILES string of the molecule is NCCN/C=C\C(N)c1cc(Cl)c(Cl)c2[nH]c3c(c12)CN(C(=O)CO)CC3. The first kappa shape index (κ1) is 20.0. The summed E-state index contributed by atoms with van der Waals surface area (Å²) >= 11 is 12.7. The number of fused-ring (bicyclic) bond motifs is 3. The number of carbonyl (C=O) groups excluding carboxylic acids is 1. The van der Waals surface area contributed by atoms with Gasteiger partial charge in [0.2, 0.25) is 5.91 Å². The van der Waals surface area contributed by atoms with Gasteiger partial charge in [0.1, 0.15) is 6.61 Å². The average Bonchev–Trinajstić information content (AvgIpc) is 3.06. The average molecular weight is 412 g/mol. The Balaban J connectivity index is 2.06. The van der Waals surface area contributed by atoms with Crippen molar-refractivity contribution in [2.24, 2.45) is 11.5 Å². The summed E-state index contributed by atoms with van der Waals surface area (Å²) in [6.07, 6.45) is 4.24. The fourth-order valence-corrected chi connectivity index (χ4v) is 3.80. The lowest BCUT2D eigenvalue weighted by Crippen LogP contribution is -2.37. The Kier molecular flexibility index (Phi) is 6.29. The Morgan fingerprint density at radius 1 is 1.48 bits per heavy atom. The van der Waals surface area contributed by atoms with Crippen LogP contribution in [0.15, 0.2) is 18.3 Å². The molecule has 2 aromatic rings. The van der Waals surface area contributed by atoms with Gasteiger partial charge in [-0.25, -0.2) is 0 Å². The van der Waals surface area contributed by atoms with E-state index >= 15 is 0 Å². The molecule has 1 aromatic heterocycles. The highest BCUT2D eigenvalue weighted by Gasteiger charge is 2.27. The lowest BCUT2D eigenvalue weighted by atomic mass is 9.96. The molecule has 1 unspecified atom stereocenters. The van der Waals surface area contributed by atoms with Gasteiger partial charge in [0.05, 0.1) is 21.6 Å². The van der Waals surface area contributed by atoms with Gasteiger partial charge in [0.15, 0.2) is 0 Å². The van der Waals surface area contributed by atoms with Crippen molar-refractivity contribution >= 4 is 40.0 Å². The Bertz CT molecular complexity index is 880. The number of carbonyl (C=O) groups is 1. The van der Waals surface area contributed by atoms with E-state index in [1.54, 1.807) is 17.2 Å². The second-order valence-electron chi connectivity index (χ2n) is 6.44. The monoisotopic (exact) mass is 411 g/mol. The number of hydrogen-bond acceptors (Lipinski definition) is 5. The molecule has 1 aliphatic rings. The van der Waals surface area contributed by atoms with Crippen molar-refractivity contribution in [3.63, 3.8) is 0 Å². The van der Waals surface area contributed by atoms with Crippen LogP contribution in [0.2, 0.25) is 10.0 Å². The van der Waals surface area contributed by atoms with Crippen molar-refractivity contribution in [3.8, 4) is 0 Å². The molecule has 1 aromatic carbocycles. The quantitative estimate of drug-likeness (QED) is 0.460. The van der Waals surface area contributed by atoms with Crippen molar-refractivity contribution < 1.29 is 9.90 Å². The number of H-pyrrole nitrogens is 1. The number of hydrogen-bond donors (Lipinski definition) is 5. The van der Waals surface area contributed by atoms with Crippen molar-refractivity contribution in [1.29, 1.82) is 0 Å². The van der Waals surface area contributed by atoms with E-state index in [0.29, 0.717) is 42.6 Å². The summed E-state index contributed by atoms with van der Waals surface area (Å²) in [5.74, 6) is -0.299. The largest absolute Gasteiger partial charge is 0.390 e. The van der Waals surface area contributed by atoms with Crippen LogP contribution in [0.3, 0.4) is 0 Å². The van der Waals surface area contributed by atoms with Gasteiger partial charge in [0.25, 0.3) is 0 Å². The van der Waals surface area contributed by atoms with Crippen LogP contribution in [-0.2, 0) is 17.8 Å². The van der Waals surface area contributed by atoms with E-state index in [-0.39, 0.29) is 5.91 Å². The molecule has 3 rings (SSSR count). The van der Waals surface area contributed by atoms with Crippen LogP contribution in [0.5, 0.6) is 0 Å². The van der Waals surface area contributed by atoms with Crippen molar-refractivity contribution in [3.05, 3.63) is 45.2 Å². The van der Waals surface area contributed by atoms with Crippen LogP contribution in [0, 0.1) is 0 Å². The predicted molar refractivity (Wildman–Crippen MR) is 108 cm³/mol. The highest BCUT2D eigenvalue weighted by atomic mass is 35.5. The number of amides is 1. The summed E-state index contributed by atoms with van der Waals surface area (Å²) in [6.45, 7) is 1.59. The van der Waals surface area contributed by atoms with E-state index in [9.17, 15) is 9.90 Å². The van der Waals surface area contributed by atoms with E-state index in [1.807, 2.05) is 6.08 Å². The second-order valence-corrected chi connectivity index (χ2v) is 7.23. The van der Waals surface area contributed by atoms with Gasteiger partial charge in [0, 0.05) is 49.2 Å². The number of aliphatic hydroxyl groups is 1. The van der Waals surface area contributed by atoms with E-state index in [2.05, 4.69) is 10.3 Å². The number of benzene rings is 1. The fraction of sp³-hybridized carbons (Fsp3) is 0.389. The van der Waals surface area contributed by atoms with Crippen molar-refractivity contribution in [2.75, 3.05) is 26.2 Å². The number of halogens is 2. The van der Waals surface area contributed by atoms with E-state index in [4.69, 9.17) is 34.7 Å². The molecule has 146 valence electrons. The van der Waals surface area contributed by atoms with Gasteiger partial charge in [-0.2, -0.15) is 0 Å². The van der Waals surface area contributed by atoms with E-state index in [1.165, 1.54) is 0 Å². The zero-order valence-electron chi connectivity index (χ0n) is 14.8. The normalized spacial score (nSPS) is 15.4. The molecule has 1 aliphatic heterocycles. The van der Waals surface area contributed by atoms with Crippen molar-refractivity contribution in [1.82, 2.24) is 15.2 Å². The lowest BCUT2D eigenvalue weighted by Gasteiger charge is -2.27. The van der Waals surface area contributed by atoms with Gasteiger partial charge in [-0.15, -0.1) is 0 Å². The van der Waals surface area contributed by atoms with Crippen LogP contribution in [-0.4, -0.2) is 47.1 Å². The fourth-order valence-electron chi connectivity index (χ4n) is 3.39. The van der Waals surface area contributed by atoms with E-state index in [0.717, 1.165) is 27.7 Å². The van der Waals surface area contributed by atoms with E-state index < -0.39 is 12.6 Å².